The number of aliphatic imine (C=N–C) groups is 1. The number of halogens is 1. The fourth-order valence-electron chi connectivity index (χ4n) is 2.65. The van der Waals surface area contributed by atoms with Gasteiger partial charge in [-0.3, -0.25) is 10.1 Å². The largest absolute Gasteiger partial charge is 0.370 e. The van der Waals surface area contributed by atoms with Gasteiger partial charge >= 0.3 is 0 Å². The van der Waals surface area contributed by atoms with E-state index >= 15 is 0 Å². The third-order valence-electron chi connectivity index (χ3n) is 4.11. The minimum atomic E-state index is -1.40. The first kappa shape index (κ1) is 21.3. The number of guanidine groups is 1. The van der Waals surface area contributed by atoms with E-state index < -0.39 is 19.5 Å². The van der Waals surface area contributed by atoms with Crippen LogP contribution in [0.1, 0.15) is 5.56 Å². The van der Waals surface area contributed by atoms with Crippen molar-refractivity contribution in [1.82, 2.24) is 10.6 Å². The molecule has 1 aliphatic heterocycles. The molecule has 0 bridgehead atoms. The molecule has 0 aromatic heterocycles. The van der Waals surface area contributed by atoms with Gasteiger partial charge in [-0.25, -0.2) is 4.99 Å². The monoisotopic (exact) mass is 451 g/mol. The molecule has 1 atom stereocenters. The lowest BCUT2D eigenvalue weighted by molar-refractivity contribution is -0.122. The number of amides is 1. The van der Waals surface area contributed by atoms with E-state index in [0.717, 1.165) is 16.7 Å². The van der Waals surface area contributed by atoms with Gasteiger partial charge in [-0.1, -0.05) is 47.7 Å². The Labute approximate surface area is 169 Å². The van der Waals surface area contributed by atoms with Crippen molar-refractivity contribution in [3.8, 4) is 0 Å². The topological polar surface area (TPSA) is 113 Å². The van der Waals surface area contributed by atoms with E-state index in [4.69, 9.17) is 15.9 Å². The van der Waals surface area contributed by atoms with E-state index in [1.807, 2.05) is 12.1 Å². The van der Waals surface area contributed by atoms with E-state index in [0.29, 0.717) is 17.7 Å². The molecule has 27 heavy (non-hydrogen) atoms. The quantitative estimate of drug-likeness (QED) is 0.200. The predicted molar refractivity (Wildman–Crippen MR) is 115 cm³/mol. The molecular formula is C18H26BrN5O2Si. The highest BCUT2D eigenvalue weighted by molar-refractivity contribution is 9.10. The Hall–Kier alpha value is -1.97. The third-order valence-corrected chi connectivity index (χ3v) is 6.31. The van der Waals surface area contributed by atoms with Gasteiger partial charge in [-0.15, -0.1) is 0 Å². The Morgan fingerprint density at radius 2 is 2.22 bits per heavy atom. The van der Waals surface area contributed by atoms with Crippen LogP contribution in [0.2, 0.25) is 25.7 Å². The van der Waals surface area contributed by atoms with Crippen molar-refractivity contribution in [1.29, 1.82) is 5.41 Å². The van der Waals surface area contributed by atoms with E-state index in [9.17, 15) is 4.79 Å². The summed E-state index contributed by atoms with van der Waals surface area (Å²) >= 11 is 3.42. The lowest BCUT2D eigenvalue weighted by Gasteiger charge is -2.25. The molecule has 0 aliphatic carbocycles. The molecule has 1 heterocycles. The van der Waals surface area contributed by atoms with Crippen molar-refractivity contribution in [2.75, 3.05) is 13.3 Å². The van der Waals surface area contributed by atoms with Crippen molar-refractivity contribution in [2.24, 2.45) is 10.7 Å². The van der Waals surface area contributed by atoms with Gasteiger partial charge in [-0.05, 0) is 23.7 Å². The summed E-state index contributed by atoms with van der Waals surface area (Å²) in [6, 6.07) is 8.32. The first-order chi connectivity index (χ1) is 12.7. The Kier molecular flexibility index (Phi) is 6.96. The number of hydrogen-bond donors (Lipinski definition) is 4. The maximum absolute atomic E-state index is 12.7. The van der Waals surface area contributed by atoms with Crippen LogP contribution in [0.4, 0.5) is 0 Å². The van der Waals surface area contributed by atoms with Gasteiger partial charge in [0.2, 0.25) is 0 Å². The second-order valence-corrected chi connectivity index (χ2v) is 14.0. The van der Waals surface area contributed by atoms with Gasteiger partial charge in [0.25, 0.3) is 5.91 Å². The third kappa shape index (κ3) is 5.27. The van der Waals surface area contributed by atoms with Crippen LogP contribution in [0.15, 0.2) is 45.5 Å². The second kappa shape index (κ2) is 8.81. The molecule has 0 saturated carbocycles. The summed E-state index contributed by atoms with van der Waals surface area (Å²) in [5.74, 6) is -0.367. The van der Waals surface area contributed by atoms with Crippen LogP contribution in [0, 0.1) is 5.41 Å². The highest BCUT2D eigenvalue weighted by Crippen LogP contribution is 2.36. The van der Waals surface area contributed by atoms with Crippen LogP contribution in [-0.4, -0.2) is 39.5 Å². The molecule has 2 rings (SSSR count). The van der Waals surface area contributed by atoms with E-state index in [1.165, 1.54) is 0 Å². The molecule has 1 amide bonds. The minimum absolute atomic E-state index is 0.0270. The van der Waals surface area contributed by atoms with Crippen molar-refractivity contribution in [3.63, 3.8) is 0 Å². The van der Waals surface area contributed by atoms with Crippen LogP contribution >= 0.6 is 15.9 Å². The van der Waals surface area contributed by atoms with Gasteiger partial charge in [0.15, 0.2) is 11.5 Å². The highest BCUT2D eigenvalue weighted by atomic mass is 79.9. The number of nitrogens with two attached hydrogens (primary N) is 1. The summed E-state index contributed by atoms with van der Waals surface area (Å²) in [6.45, 7) is 7.84. The molecule has 146 valence electrons. The van der Waals surface area contributed by atoms with Crippen molar-refractivity contribution < 1.29 is 9.53 Å². The summed E-state index contributed by atoms with van der Waals surface area (Å²) < 4.78 is 6.41. The number of carbonyl (C=O) groups excluding carboxylic acids is 1. The Morgan fingerprint density at radius 3 is 2.78 bits per heavy atom. The molecule has 9 heteroatoms. The normalized spacial score (nSPS) is 20.2. The molecule has 1 aliphatic rings. The van der Waals surface area contributed by atoms with Crippen molar-refractivity contribution in [3.05, 3.63) is 46.1 Å². The Morgan fingerprint density at radius 1 is 1.48 bits per heavy atom. The summed E-state index contributed by atoms with van der Waals surface area (Å²) in [5.41, 5.74) is 5.35. The Bertz CT molecular complexity index is 775. The van der Waals surface area contributed by atoms with Gasteiger partial charge in [0, 0.05) is 37.1 Å². The molecule has 7 nitrogen and oxygen atoms in total. The fourth-order valence-corrected chi connectivity index (χ4v) is 3.81. The molecule has 1 unspecified atom stereocenters. The van der Waals surface area contributed by atoms with Crippen molar-refractivity contribution >= 4 is 42.1 Å². The maximum atomic E-state index is 12.7. The summed E-state index contributed by atoms with van der Waals surface area (Å²) in [7, 11) is -1.14. The molecule has 0 radical (unpaired) electrons. The summed E-state index contributed by atoms with van der Waals surface area (Å²) in [6.07, 6.45) is 2.70. The number of hydrogen-bond acceptors (Lipinski definition) is 6. The van der Waals surface area contributed by atoms with Crippen LogP contribution in [0.3, 0.4) is 0 Å². The standard InChI is InChI=1S/C18H26BrN5O2Si/c1-27(2,3)8-7-26-12-22-11-14(10-20)18(16(25)23-17(21)24-18)13-5-4-6-15(19)9-13/h4-6,9-11,20,22H,7-8,12H2,1-3H3,(H3,21,23,24,25)/b14-11+,20-10?. The van der Waals surface area contributed by atoms with Gasteiger partial charge in [0.1, 0.15) is 6.73 Å². The van der Waals surface area contributed by atoms with E-state index in [1.54, 1.807) is 18.3 Å². The highest BCUT2D eigenvalue weighted by Gasteiger charge is 2.47. The first-order valence-corrected chi connectivity index (χ1v) is 13.1. The van der Waals surface area contributed by atoms with Crippen LogP contribution in [-0.2, 0) is 15.1 Å². The number of nitrogens with zero attached hydrogens (tertiary/aromatic N) is 1. The smallest absolute Gasteiger partial charge is 0.264 e. The summed E-state index contributed by atoms with van der Waals surface area (Å²) in [4.78, 5) is 17.1. The van der Waals surface area contributed by atoms with Crippen LogP contribution in [0.25, 0.3) is 0 Å². The average Bonchev–Trinajstić information content (AvgIpc) is 2.88. The van der Waals surface area contributed by atoms with Gasteiger partial charge in [0.05, 0.1) is 0 Å². The number of rotatable bonds is 9. The van der Waals surface area contributed by atoms with Crippen LogP contribution in [0.5, 0.6) is 0 Å². The zero-order valence-electron chi connectivity index (χ0n) is 15.8. The molecule has 1 aromatic rings. The lowest BCUT2D eigenvalue weighted by Crippen LogP contribution is -2.41. The zero-order chi connectivity index (χ0) is 20.1. The van der Waals surface area contributed by atoms with Crippen LogP contribution < -0.4 is 16.4 Å². The lowest BCUT2D eigenvalue weighted by atomic mass is 9.83. The SMILES string of the molecule is C[Si](C)(C)CCOCN/C=C(\C=N)C1(c2cccc(Br)c2)N=C(N)NC1=O. The van der Waals surface area contributed by atoms with Gasteiger partial charge < -0.3 is 21.2 Å². The number of nitrogens with one attached hydrogen (secondary N) is 3. The summed E-state index contributed by atoms with van der Waals surface area (Å²) in [5, 5.41) is 13.4. The minimum Gasteiger partial charge on any atom is -0.370 e. The molecule has 5 N–H and O–H groups in total. The molecule has 0 spiro atoms. The average molecular weight is 452 g/mol. The molecule has 0 saturated heterocycles. The molecule has 1 aromatic carbocycles. The van der Waals surface area contributed by atoms with Gasteiger partial charge in [-0.2, -0.15) is 0 Å². The first-order valence-electron chi connectivity index (χ1n) is 8.64. The Balaban J connectivity index is 2.21. The second-order valence-electron chi connectivity index (χ2n) is 7.48. The predicted octanol–water partition coefficient (Wildman–Crippen LogP) is 2.52. The van der Waals surface area contributed by atoms with Crippen molar-refractivity contribution in [2.45, 2.75) is 31.2 Å². The van der Waals surface area contributed by atoms with E-state index in [2.05, 4.69) is 51.2 Å². The number of benzene rings is 1. The zero-order valence-corrected chi connectivity index (χ0v) is 18.4. The molecular weight excluding hydrogens is 426 g/mol. The maximum Gasteiger partial charge on any atom is 0.264 e. The number of carbonyl (C=O) groups is 1. The fraction of sp³-hybridized carbons (Fsp3) is 0.389. The molecule has 0 fully saturated rings. The van der Waals surface area contributed by atoms with E-state index in [-0.39, 0.29) is 12.7 Å². The number of ether oxygens (including phenoxy) is 1.